The van der Waals surface area contributed by atoms with Crippen molar-refractivity contribution in [3.05, 3.63) is 64.3 Å². The van der Waals surface area contributed by atoms with Crippen molar-refractivity contribution in [3.63, 3.8) is 0 Å². The van der Waals surface area contributed by atoms with Crippen LogP contribution in [-0.4, -0.2) is 17.4 Å². The van der Waals surface area contributed by atoms with Gasteiger partial charge >= 0.3 is 0 Å². The summed E-state index contributed by atoms with van der Waals surface area (Å²) in [4.78, 5) is 16.0. The largest absolute Gasteiger partial charge is 0.493 e. The van der Waals surface area contributed by atoms with Crippen LogP contribution >= 0.6 is 15.9 Å². The van der Waals surface area contributed by atoms with Gasteiger partial charge in [0.15, 0.2) is 5.78 Å². The van der Waals surface area contributed by atoms with Crippen LogP contribution in [0, 0.1) is 0 Å². The van der Waals surface area contributed by atoms with Crippen molar-refractivity contribution in [2.75, 3.05) is 6.61 Å². The quantitative estimate of drug-likeness (QED) is 0.705. The van der Waals surface area contributed by atoms with Crippen LogP contribution in [-0.2, 0) is 0 Å². The molecule has 0 atom stereocenters. The van der Waals surface area contributed by atoms with Crippen molar-refractivity contribution in [2.24, 2.45) is 0 Å². The Morgan fingerprint density at radius 3 is 2.76 bits per heavy atom. The highest BCUT2D eigenvalue weighted by Crippen LogP contribution is 2.30. The van der Waals surface area contributed by atoms with E-state index in [4.69, 9.17) is 4.74 Å². The number of carbonyl (C=O) groups excluding carboxylic acids is 1. The van der Waals surface area contributed by atoms with E-state index in [1.807, 2.05) is 43.3 Å². The summed E-state index contributed by atoms with van der Waals surface area (Å²) in [5.41, 5.74) is 2.15. The fourth-order valence-electron chi connectivity index (χ4n) is 2.40. The smallest absolute Gasteiger partial charge is 0.198 e. The molecule has 0 bridgehead atoms. The lowest BCUT2D eigenvalue weighted by Gasteiger charge is -2.08. The number of benzene rings is 2. The first-order valence-corrected chi connectivity index (χ1v) is 7.53. The van der Waals surface area contributed by atoms with Crippen molar-refractivity contribution in [2.45, 2.75) is 6.92 Å². The Balaban J connectivity index is 2.13. The van der Waals surface area contributed by atoms with Crippen molar-refractivity contribution in [3.8, 4) is 5.75 Å². The first-order chi connectivity index (χ1) is 10.2. The number of hydrogen-bond acceptors (Lipinski definition) is 2. The summed E-state index contributed by atoms with van der Waals surface area (Å²) in [7, 11) is 0. The van der Waals surface area contributed by atoms with E-state index in [0.29, 0.717) is 23.5 Å². The van der Waals surface area contributed by atoms with Gasteiger partial charge in [0.1, 0.15) is 5.75 Å². The highest BCUT2D eigenvalue weighted by atomic mass is 79.9. The molecule has 2 aromatic carbocycles. The highest BCUT2D eigenvalue weighted by molar-refractivity contribution is 9.10. The molecule has 0 aliphatic carbocycles. The van der Waals surface area contributed by atoms with Crippen LogP contribution in [0.1, 0.15) is 22.8 Å². The van der Waals surface area contributed by atoms with Gasteiger partial charge in [-0.2, -0.15) is 0 Å². The van der Waals surface area contributed by atoms with E-state index in [2.05, 4.69) is 20.9 Å². The Labute approximate surface area is 131 Å². The first kappa shape index (κ1) is 13.9. The summed E-state index contributed by atoms with van der Waals surface area (Å²) in [5.74, 6) is 0.573. The number of para-hydroxylation sites is 1. The third-order valence-electron chi connectivity index (χ3n) is 3.33. The molecule has 21 heavy (non-hydrogen) atoms. The summed E-state index contributed by atoms with van der Waals surface area (Å²) in [6.45, 7) is 2.44. The van der Waals surface area contributed by atoms with Crippen molar-refractivity contribution < 1.29 is 9.53 Å². The monoisotopic (exact) mass is 343 g/mol. The molecule has 1 heterocycles. The van der Waals surface area contributed by atoms with E-state index in [0.717, 1.165) is 15.4 Å². The fourth-order valence-corrected chi connectivity index (χ4v) is 2.98. The second kappa shape index (κ2) is 5.74. The average Bonchev–Trinajstić information content (AvgIpc) is 2.93. The molecule has 0 saturated carbocycles. The third kappa shape index (κ3) is 2.47. The van der Waals surface area contributed by atoms with Gasteiger partial charge in [-0.25, -0.2) is 0 Å². The van der Waals surface area contributed by atoms with Gasteiger partial charge in [-0.3, -0.25) is 4.79 Å². The van der Waals surface area contributed by atoms with Crippen molar-refractivity contribution >= 4 is 32.6 Å². The Bertz CT molecular complexity index is 807. The number of carbonyl (C=O) groups is 1. The zero-order valence-electron chi connectivity index (χ0n) is 11.5. The predicted octanol–water partition coefficient (Wildman–Crippen LogP) is 4.56. The van der Waals surface area contributed by atoms with E-state index < -0.39 is 0 Å². The second-order valence-corrected chi connectivity index (χ2v) is 5.48. The lowest BCUT2D eigenvalue weighted by Crippen LogP contribution is -2.05. The molecule has 0 fully saturated rings. The van der Waals surface area contributed by atoms with E-state index >= 15 is 0 Å². The number of ketones is 1. The summed E-state index contributed by atoms with van der Waals surface area (Å²) in [6.07, 6.45) is 1.75. The van der Waals surface area contributed by atoms with E-state index in [9.17, 15) is 4.79 Å². The number of aromatic nitrogens is 1. The second-order valence-electron chi connectivity index (χ2n) is 4.62. The fraction of sp³-hybridized carbons (Fsp3) is 0.118. The minimum atomic E-state index is -0.0443. The van der Waals surface area contributed by atoms with Gasteiger partial charge in [0.25, 0.3) is 0 Å². The maximum Gasteiger partial charge on any atom is 0.198 e. The summed E-state index contributed by atoms with van der Waals surface area (Å²) < 4.78 is 6.46. The van der Waals surface area contributed by atoms with Gasteiger partial charge in [0.05, 0.1) is 12.2 Å². The number of fused-ring (bicyclic) bond motifs is 1. The van der Waals surface area contributed by atoms with Crippen LogP contribution < -0.4 is 4.74 Å². The molecule has 0 amide bonds. The van der Waals surface area contributed by atoms with Gasteiger partial charge < -0.3 is 9.72 Å². The van der Waals surface area contributed by atoms with Crippen LogP contribution in [0.2, 0.25) is 0 Å². The molecule has 106 valence electrons. The summed E-state index contributed by atoms with van der Waals surface area (Å²) in [6, 6.07) is 13.1. The molecule has 1 N–H and O–H groups in total. The maximum atomic E-state index is 12.8. The van der Waals surface area contributed by atoms with Gasteiger partial charge in [0.2, 0.25) is 0 Å². The topological polar surface area (TPSA) is 42.1 Å². The molecule has 3 rings (SSSR count). The molecular weight excluding hydrogens is 330 g/mol. The molecule has 3 aromatic rings. The van der Waals surface area contributed by atoms with Crippen LogP contribution in [0.25, 0.3) is 10.9 Å². The number of halogens is 1. The molecule has 0 aliphatic rings. The van der Waals surface area contributed by atoms with Gasteiger partial charge in [-0.05, 0) is 31.2 Å². The summed E-state index contributed by atoms with van der Waals surface area (Å²) >= 11 is 3.51. The minimum absolute atomic E-state index is 0.0443. The Morgan fingerprint density at radius 1 is 1.14 bits per heavy atom. The van der Waals surface area contributed by atoms with Gasteiger partial charge in [-0.1, -0.05) is 34.1 Å². The van der Waals surface area contributed by atoms with E-state index in [1.165, 1.54) is 0 Å². The van der Waals surface area contributed by atoms with E-state index in [-0.39, 0.29) is 5.78 Å². The molecule has 4 heteroatoms. The molecule has 0 radical (unpaired) electrons. The zero-order valence-corrected chi connectivity index (χ0v) is 13.1. The zero-order chi connectivity index (χ0) is 14.8. The molecule has 0 spiro atoms. The number of aromatic amines is 1. The Hall–Kier alpha value is -2.07. The predicted molar refractivity (Wildman–Crippen MR) is 87.0 cm³/mol. The molecule has 3 nitrogen and oxygen atoms in total. The molecule has 0 aliphatic heterocycles. The van der Waals surface area contributed by atoms with E-state index in [1.54, 1.807) is 12.3 Å². The Kier molecular flexibility index (Phi) is 3.80. The lowest BCUT2D eigenvalue weighted by molar-refractivity contribution is 0.103. The molecule has 0 unspecified atom stereocenters. The summed E-state index contributed by atoms with van der Waals surface area (Å²) in [5, 5.41) is 0.897. The standard InChI is InChI=1S/C17H14BrNO2/c1-2-21-15-9-4-3-6-11(15)17(20)12-10-19-14-8-5-7-13(18)16(12)14/h3-10,19H,2H2,1H3. The molecular formula is C17H14BrNO2. The number of H-pyrrole nitrogens is 1. The third-order valence-corrected chi connectivity index (χ3v) is 3.99. The van der Waals surface area contributed by atoms with Gasteiger partial charge in [0, 0.05) is 27.1 Å². The first-order valence-electron chi connectivity index (χ1n) is 6.74. The van der Waals surface area contributed by atoms with Gasteiger partial charge in [-0.15, -0.1) is 0 Å². The van der Waals surface area contributed by atoms with Crippen LogP contribution in [0.5, 0.6) is 5.75 Å². The maximum absolute atomic E-state index is 12.8. The minimum Gasteiger partial charge on any atom is -0.493 e. The van der Waals surface area contributed by atoms with Crippen LogP contribution in [0.4, 0.5) is 0 Å². The van der Waals surface area contributed by atoms with Crippen LogP contribution in [0.3, 0.4) is 0 Å². The lowest BCUT2D eigenvalue weighted by atomic mass is 10.0. The average molecular weight is 344 g/mol. The van der Waals surface area contributed by atoms with Crippen molar-refractivity contribution in [1.29, 1.82) is 0 Å². The number of nitrogens with one attached hydrogen (secondary N) is 1. The van der Waals surface area contributed by atoms with Crippen LogP contribution in [0.15, 0.2) is 53.1 Å². The molecule has 0 saturated heterocycles. The highest BCUT2D eigenvalue weighted by Gasteiger charge is 2.19. The number of hydrogen-bond donors (Lipinski definition) is 1. The van der Waals surface area contributed by atoms with Crippen molar-refractivity contribution in [1.82, 2.24) is 4.98 Å². The SMILES string of the molecule is CCOc1ccccc1C(=O)c1c[nH]c2cccc(Br)c12. The number of rotatable bonds is 4. The number of ether oxygens (including phenoxy) is 1. The molecule has 1 aromatic heterocycles. The Morgan fingerprint density at radius 2 is 1.95 bits per heavy atom. The normalized spacial score (nSPS) is 10.8.